The molecule has 0 aromatic carbocycles. The highest BCUT2D eigenvalue weighted by atomic mass is 32.2. The van der Waals surface area contributed by atoms with Crippen LogP contribution < -0.4 is 21.7 Å². The van der Waals surface area contributed by atoms with Crippen molar-refractivity contribution < 1.29 is 24.3 Å². The first kappa shape index (κ1) is 25.2. The van der Waals surface area contributed by atoms with Gasteiger partial charge < -0.3 is 26.8 Å². The van der Waals surface area contributed by atoms with E-state index in [1.807, 2.05) is 6.26 Å². The van der Waals surface area contributed by atoms with E-state index in [-0.39, 0.29) is 11.8 Å². The predicted molar refractivity (Wildman–Crippen MR) is 105 cm³/mol. The lowest BCUT2D eigenvalue weighted by Gasteiger charge is -2.27. The second kappa shape index (κ2) is 12.6. The highest BCUT2D eigenvalue weighted by Crippen LogP contribution is 2.08. The molecule has 10 heteroatoms. The molecule has 0 aliphatic carbocycles. The first-order valence-corrected chi connectivity index (χ1v) is 10.2. The van der Waals surface area contributed by atoms with Gasteiger partial charge in [-0.1, -0.05) is 27.7 Å². The van der Waals surface area contributed by atoms with Gasteiger partial charge in [-0.15, -0.1) is 0 Å². The van der Waals surface area contributed by atoms with Crippen LogP contribution in [-0.2, 0) is 19.2 Å². The zero-order chi connectivity index (χ0) is 21.1. The lowest BCUT2D eigenvalue weighted by Crippen LogP contribution is -2.58. The Kier molecular flexibility index (Phi) is 11.7. The molecule has 3 atom stereocenters. The Morgan fingerprint density at radius 1 is 0.926 bits per heavy atom. The Hall–Kier alpha value is -1.81. The molecule has 0 spiro atoms. The van der Waals surface area contributed by atoms with Crippen molar-refractivity contribution in [3.63, 3.8) is 0 Å². The van der Waals surface area contributed by atoms with Gasteiger partial charge in [0, 0.05) is 0 Å². The lowest BCUT2D eigenvalue weighted by molar-refractivity contribution is -0.139. The molecule has 0 heterocycles. The molecule has 0 aliphatic heterocycles. The minimum atomic E-state index is -1.18. The van der Waals surface area contributed by atoms with Gasteiger partial charge in [0.05, 0.1) is 6.04 Å². The van der Waals surface area contributed by atoms with Crippen LogP contribution in [0.25, 0.3) is 0 Å². The summed E-state index contributed by atoms with van der Waals surface area (Å²) in [4.78, 5) is 47.7. The van der Waals surface area contributed by atoms with Crippen LogP contribution in [0.15, 0.2) is 0 Å². The Morgan fingerprint density at radius 3 is 1.85 bits per heavy atom. The Bertz CT molecular complexity index is 527. The number of nitrogens with one attached hydrogen (secondary N) is 3. The topological polar surface area (TPSA) is 151 Å². The van der Waals surface area contributed by atoms with Crippen molar-refractivity contribution in [3.05, 3.63) is 0 Å². The zero-order valence-corrected chi connectivity index (χ0v) is 17.4. The average Bonchev–Trinajstić information content (AvgIpc) is 2.58. The smallest absolute Gasteiger partial charge is 0.322 e. The van der Waals surface area contributed by atoms with Crippen molar-refractivity contribution in [1.82, 2.24) is 16.0 Å². The fraction of sp³-hybridized carbons (Fsp3) is 0.765. The van der Waals surface area contributed by atoms with E-state index in [4.69, 9.17) is 10.8 Å². The summed E-state index contributed by atoms with van der Waals surface area (Å²) in [7, 11) is 0. The second-order valence-electron chi connectivity index (χ2n) is 6.96. The molecule has 0 saturated heterocycles. The number of carbonyl (C=O) groups is 4. The van der Waals surface area contributed by atoms with Crippen molar-refractivity contribution in [2.45, 2.75) is 52.2 Å². The van der Waals surface area contributed by atoms with Crippen molar-refractivity contribution in [2.24, 2.45) is 17.6 Å². The minimum absolute atomic E-state index is 0.225. The average molecular weight is 405 g/mol. The Labute approximate surface area is 164 Å². The molecule has 0 aliphatic rings. The summed E-state index contributed by atoms with van der Waals surface area (Å²) in [5.41, 5.74) is 5.84. The maximum atomic E-state index is 12.6. The number of rotatable bonds is 12. The summed E-state index contributed by atoms with van der Waals surface area (Å²) >= 11 is 1.57. The summed E-state index contributed by atoms with van der Waals surface area (Å²) in [5.74, 6) is -2.47. The van der Waals surface area contributed by atoms with Crippen molar-refractivity contribution in [1.29, 1.82) is 0 Å². The summed E-state index contributed by atoms with van der Waals surface area (Å²) in [6, 6.07) is -2.49. The van der Waals surface area contributed by atoms with Crippen molar-refractivity contribution >= 4 is 35.5 Å². The van der Waals surface area contributed by atoms with Gasteiger partial charge in [-0.2, -0.15) is 11.8 Å². The highest BCUT2D eigenvalue weighted by molar-refractivity contribution is 7.98. The van der Waals surface area contributed by atoms with Crippen LogP contribution in [0.1, 0.15) is 34.1 Å². The van der Waals surface area contributed by atoms with Gasteiger partial charge in [-0.3, -0.25) is 19.2 Å². The molecule has 0 radical (unpaired) electrons. The SMILES string of the molecule is CSCCC(N)C(=O)NC(C(=O)NC(C(=O)NCC(=O)O)C(C)C)C(C)C. The van der Waals surface area contributed by atoms with E-state index in [2.05, 4.69) is 16.0 Å². The summed E-state index contributed by atoms with van der Waals surface area (Å²) in [6.45, 7) is 6.46. The number of hydrogen-bond acceptors (Lipinski definition) is 6. The van der Waals surface area contributed by atoms with E-state index in [1.165, 1.54) is 0 Å². The second-order valence-corrected chi connectivity index (χ2v) is 7.95. The third-order valence-electron chi connectivity index (χ3n) is 3.88. The molecule has 0 aromatic heterocycles. The molecule has 0 saturated carbocycles. The maximum absolute atomic E-state index is 12.6. The number of aliphatic carboxylic acids is 1. The molecule has 27 heavy (non-hydrogen) atoms. The quantitative estimate of drug-likeness (QED) is 0.295. The molecule has 156 valence electrons. The van der Waals surface area contributed by atoms with Crippen LogP contribution >= 0.6 is 11.8 Å². The fourth-order valence-corrected chi connectivity index (χ4v) is 2.71. The van der Waals surface area contributed by atoms with E-state index < -0.39 is 48.4 Å². The number of carbonyl (C=O) groups excluding carboxylic acids is 3. The molecular formula is C17H32N4O5S. The molecule has 9 nitrogen and oxygen atoms in total. The van der Waals surface area contributed by atoms with Gasteiger partial charge in [-0.05, 0) is 30.3 Å². The molecule has 0 bridgehead atoms. The number of carboxylic acids is 1. The number of nitrogens with two attached hydrogens (primary N) is 1. The number of hydrogen-bond donors (Lipinski definition) is 5. The summed E-state index contributed by atoms with van der Waals surface area (Å²) in [6.07, 6.45) is 2.40. The number of amides is 3. The summed E-state index contributed by atoms with van der Waals surface area (Å²) in [5, 5.41) is 16.2. The lowest BCUT2D eigenvalue weighted by atomic mass is 9.99. The van der Waals surface area contributed by atoms with Gasteiger partial charge in [0.1, 0.15) is 18.6 Å². The van der Waals surface area contributed by atoms with E-state index in [9.17, 15) is 19.2 Å². The first-order chi connectivity index (χ1) is 12.5. The molecular weight excluding hydrogens is 372 g/mol. The van der Waals surface area contributed by atoms with Gasteiger partial charge in [0.2, 0.25) is 17.7 Å². The van der Waals surface area contributed by atoms with E-state index in [0.717, 1.165) is 5.75 Å². The monoisotopic (exact) mass is 404 g/mol. The largest absolute Gasteiger partial charge is 0.480 e. The Balaban J connectivity index is 5.04. The maximum Gasteiger partial charge on any atom is 0.322 e. The standard InChI is InChI=1S/C17H32N4O5S/c1-9(2)13(16(25)19-8-12(22)23)21-17(26)14(10(3)4)20-15(24)11(18)6-7-27-5/h9-11,13-14H,6-8,18H2,1-5H3,(H,19,25)(H,20,24)(H,21,26)(H,22,23). The minimum Gasteiger partial charge on any atom is -0.480 e. The number of carboxylic acid groups (broad SMARTS) is 1. The van der Waals surface area contributed by atoms with Crippen LogP contribution in [-0.4, -0.2) is 65.5 Å². The number of thioether (sulfide) groups is 1. The molecule has 0 rings (SSSR count). The molecule has 6 N–H and O–H groups in total. The third kappa shape index (κ3) is 9.62. The summed E-state index contributed by atoms with van der Waals surface area (Å²) < 4.78 is 0. The van der Waals surface area contributed by atoms with Crippen LogP contribution in [0.3, 0.4) is 0 Å². The molecule has 0 aromatic rings. The highest BCUT2D eigenvalue weighted by Gasteiger charge is 2.31. The van der Waals surface area contributed by atoms with Gasteiger partial charge in [0.25, 0.3) is 0 Å². The van der Waals surface area contributed by atoms with Crippen LogP contribution in [0.2, 0.25) is 0 Å². The van der Waals surface area contributed by atoms with E-state index in [0.29, 0.717) is 6.42 Å². The van der Waals surface area contributed by atoms with Gasteiger partial charge in [0.15, 0.2) is 0 Å². The fourth-order valence-electron chi connectivity index (χ4n) is 2.22. The third-order valence-corrected chi connectivity index (χ3v) is 4.52. The van der Waals surface area contributed by atoms with Crippen molar-refractivity contribution in [3.8, 4) is 0 Å². The van der Waals surface area contributed by atoms with Crippen LogP contribution in [0.5, 0.6) is 0 Å². The van der Waals surface area contributed by atoms with E-state index in [1.54, 1.807) is 39.5 Å². The zero-order valence-electron chi connectivity index (χ0n) is 16.6. The Morgan fingerprint density at radius 2 is 1.41 bits per heavy atom. The van der Waals surface area contributed by atoms with Crippen molar-refractivity contribution in [2.75, 3.05) is 18.6 Å². The van der Waals surface area contributed by atoms with Crippen LogP contribution in [0, 0.1) is 11.8 Å². The van der Waals surface area contributed by atoms with Crippen LogP contribution in [0.4, 0.5) is 0 Å². The van der Waals surface area contributed by atoms with E-state index >= 15 is 0 Å². The molecule has 3 unspecified atom stereocenters. The van der Waals surface area contributed by atoms with Gasteiger partial charge >= 0.3 is 5.97 Å². The normalized spacial score (nSPS) is 14.4. The van der Waals surface area contributed by atoms with Gasteiger partial charge in [-0.25, -0.2) is 0 Å². The molecule has 0 fully saturated rings. The molecule has 3 amide bonds. The predicted octanol–water partition coefficient (Wildman–Crippen LogP) is -0.451. The first-order valence-electron chi connectivity index (χ1n) is 8.86.